The van der Waals surface area contributed by atoms with E-state index in [9.17, 15) is 13.2 Å². The van der Waals surface area contributed by atoms with Crippen molar-refractivity contribution in [1.29, 1.82) is 0 Å². The Morgan fingerprint density at radius 3 is 2.67 bits per heavy atom. The van der Waals surface area contributed by atoms with Crippen LogP contribution in [0.3, 0.4) is 0 Å². The second-order valence-electron chi connectivity index (χ2n) is 13.3. The first-order chi connectivity index (χ1) is 22.9. The van der Waals surface area contributed by atoms with Crippen LogP contribution in [0.15, 0.2) is 60.9 Å². The number of nitrogens with one attached hydrogen (secondary N) is 2. The topological polar surface area (TPSA) is 145 Å². The molecule has 0 radical (unpaired) electrons. The average molecular weight is 675 g/mol. The van der Waals surface area contributed by atoms with Crippen LogP contribution < -0.4 is 14.8 Å². The second-order valence-corrected chi connectivity index (χ2v) is 15.0. The highest BCUT2D eigenvalue weighted by Gasteiger charge is 2.28. The number of anilines is 2. The number of benzene rings is 2. The molecule has 254 valence electrons. The molecule has 1 amide bonds. The zero-order chi connectivity index (χ0) is 33.9. The summed E-state index contributed by atoms with van der Waals surface area (Å²) >= 11 is 0. The molecule has 2 aromatic carbocycles. The van der Waals surface area contributed by atoms with E-state index in [2.05, 4.69) is 20.0 Å². The number of hydrogen-bond acceptors (Lipinski definition) is 10. The number of hydrogen-bond donors (Lipinski definition) is 2. The van der Waals surface area contributed by atoms with Crippen molar-refractivity contribution in [3.63, 3.8) is 0 Å². The van der Waals surface area contributed by atoms with Gasteiger partial charge < -0.3 is 24.4 Å². The quantitative estimate of drug-likeness (QED) is 0.201. The molecule has 13 heteroatoms. The molecule has 0 saturated carbocycles. The van der Waals surface area contributed by atoms with Gasteiger partial charge in [-0.3, -0.25) is 4.72 Å². The molecule has 4 heterocycles. The summed E-state index contributed by atoms with van der Waals surface area (Å²) in [6.07, 6.45) is 6.00. The third-order valence-corrected chi connectivity index (χ3v) is 9.55. The summed E-state index contributed by atoms with van der Waals surface area (Å²) < 4.78 is 46.5. The van der Waals surface area contributed by atoms with Crippen molar-refractivity contribution in [2.45, 2.75) is 71.1 Å². The van der Waals surface area contributed by atoms with Crippen LogP contribution in [0.1, 0.15) is 52.0 Å². The Morgan fingerprint density at radius 2 is 1.88 bits per heavy atom. The number of piperidine rings is 1. The summed E-state index contributed by atoms with van der Waals surface area (Å²) in [5.74, 6) is 1.24. The highest BCUT2D eigenvalue weighted by Crippen LogP contribution is 2.39. The minimum absolute atomic E-state index is 0.0400. The smallest absolute Gasteiger partial charge is 0.410 e. The van der Waals surface area contributed by atoms with Crippen LogP contribution in [0.25, 0.3) is 22.0 Å². The Bertz CT molecular complexity index is 1890. The predicted octanol–water partition coefficient (Wildman–Crippen LogP) is 6.52. The Morgan fingerprint density at radius 1 is 1.02 bits per heavy atom. The number of carbonyl (C=O) groups excluding carboxylic acids is 1. The van der Waals surface area contributed by atoms with Crippen LogP contribution in [0.4, 0.5) is 16.4 Å². The maximum atomic E-state index is 13.0. The van der Waals surface area contributed by atoms with Crippen molar-refractivity contribution in [2.75, 3.05) is 35.5 Å². The molecule has 0 spiro atoms. The predicted molar refractivity (Wildman–Crippen MR) is 185 cm³/mol. The number of pyridine rings is 1. The molecule has 48 heavy (non-hydrogen) atoms. The van der Waals surface area contributed by atoms with E-state index < -0.39 is 15.6 Å². The lowest BCUT2D eigenvalue weighted by molar-refractivity contribution is 0.0206. The van der Waals surface area contributed by atoms with E-state index in [0.717, 1.165) is 36.6 Å². The summed E-state index contributed by atoms with van der Waals surface area (Å²) in [6, 6.07) is 14.7. The fraction of sp³-hybridized carbons (Fsp3) is 0.429. The SMILES string of the molecule is Cc1ccc2c(NS(=O)(=O)CC3CCCO3)cccc2c1Oc1ncccc1-c1ccnc(N[C@H]2CCCN(C(=O)OC(C)(C)C)C2)n1. The molecule has 2 aliphatic heterocycles. The zero-order valence-corrected chi connectivity index (χ0v) is 28.5. The van der Waals surface area contributed by atoms with Gasteiger partial charge in [0.25, 0.3) is 0 Å². The van der Waals surface area contributed by atoms with Crippen molar-refractivity contribution in [3.05, 3.63) is 66.5 Å². The van der Waals surface area contributed by atoms with Gasteiger partial charge in [0.15, 0.2) is 0 Å². The molecule has 2 aliphatic rings. The molecular weight excluding hydrogens is 632 g/mol. The number of likely N-dealkylation sites (tertiary alicyclic amines) is 1. The monoisotopic (exact) mass is 674 g/mol. The van der Waals surface area contributed by atoms with E-state index in [0.29, 0.717) is 59.6 Å². The highest BCUT2D eigenvalue weighted by atomic mass is 32.2. The Balaban J connectivity index is 1.23. The lowest BCUT2D eigenvalue weighted by Crippen LogP contribution is -2.47. The molecule has 2 atom stereocenters. The van der Waals surface area contributed by atoms with Gasteiger partial charge in [-0.15, -0.1) is 0 Å². The lowest BCUT2D eigenvalue weighted by Gasteiger charge is -2.34. The summed E-state index contributed by atoms with van der Waals surface area (Å²) in [5, 5.41) is 4.83. The van der Waals surface area contributed by atoms with Crippen molar-refractivity contribution >= 4 is 38.5 Å². The van der Waals surface area contributed by atoms with Gasteiger partial charge in [-0.1, -0.05) is 24.3 Å². The van der Waals surface area contributed by atoms with Gasteiger partial charge in [-0.2, -0.15) is 0 Å². The van der Waals surface area contributed by atoms with Crippen molar-refractivity contribution in [2.24, 2.45) is 0 Å². The van der Waals surface area contributed by atoms with Crippen molar-refractivity contribution in [1.82, 2.24) is 19.9 Å². The molecule has 1 unspecified atom stereocenters. The van der Waals surface area contributed by atoms with Gasteiger partial charge in [-0.05, 0) is 83.2 Å². The van der Waals surface area contributed by atoms with Crippen molar-refractivity contribution < 1.29 is 27.4 Å². The van der Waals surface area contributed by atoms with E-state index in [1.807, 2.05) is 58.0 Å². The minimum Gasteiger partial charge on any atom is -0.444 e. The number of rotatable bonds is 9. The van der Waals surface area contributed by atoms with E-state index in [4.69, 9.17) is 19.2 Å². The molecule has 0 aliphatic carbocycles. The van der Waals surface area contributed by atoms with Gasteiger partial charge in [0.1, 0.15) is 11.4 Å². The molecule has 2 N–H and O–H groups in total. The van der Waals surface area contributed by atoms with Gasteiger partial charge in [0.2, 0.25) is 21.9 Å². The van der Waals surface area contributed by atoms with Crippen LogP contribution in [0.2, 0.25) is 0 Å². The van der Waals surface area contributed by atoms with E-state index >= 15 is 0 Å². The molecule has 6 rings (SSSR count). The second kappa shape index (κ2) is 13.9. The largest absolute Gasteiger partial charge is 0.444 e. The molecule has 4 aromatic rings. The average Bonchev–Trinajstić information content (AvgIpc) is 3.54. The number of nitrogens with zero attached hydrogens (tertiary/aromatic N) is 4. The molecule has 2 saturated heterocycles. The van der Waals surface area contributed by atoms with Crippen LogP contribution in [0, 0.1) is 6.92 Å². The Hall–Kier alpha value is -4.49. The summed E-state index contributed by atoms with van der Waals surface area (Å²) in [6.45, 7) is 9.22. The molecule has 0 bridgehead atoms. The summed E-state index contributed by atoms with van der Waals surface area (Å²) in [5.41, 5.74) is 2.03. The first-order valence-electron chi connectivity index (χ1n) is 16.3. The Kier molecular flexibility index (Phi) is 9.70. The number of aryl methyl sites for hydroxylation is 1. The fourth-order valence-corrected chi connectivity index (χ4v) is 7.35. The summed E-state index contributed by atoms with van der Waals surface area (Å²) in [7, 11) is -3.64. The van der Waals surface area contributed by atoms with Crippen molar-refractivity contribution in [3.8, 4) is 22.9 Å². The Labute approximate surface area is 281 Å². The maximum Gasteiger partial charge on any atom is 0.410 e. The van der Waals surface area contributed by atoms with Crippen LogP contribution >= 0.6 is 0 Å². The first-order valence-corrected chi connectivity index (χ1v) is 17.9. The van der Waals surface area contributed by atoms with Gasteiger partial charge in [-0.25, -0.2) is 28.2 Å². The molecular formula is C35H42N6O6S. The first kappa shape index (κ1) is 33.4. The number of ether oxygens (including phenoxy) is 3. The number of sulfonamides is 1. The van der Waals surface area contributed by atoms with E-state index in [1.54, 1.807) is 35.5 Å². The van der Waals surface area contributed by atoms with E-state index in [1.165, 1.54) is 0 Å². The van der Waals surface area contributed by atoms with Crippen LogP contribution in [0.5, 0.6) is 11.6 Å². The van der Waals surface area contributed by atoms with Crippen LogP contribution in [-0.2, 0) is 19.5 Å². The normalized spacial score (nSPS) is 18.5. The number of carbonyl (C=O) groups is 1. The number of aromatic nitrogens is 3. The zero-order valence-electron chi connectivity index (χ0n) is 27.7. The summed E-state index contributed by atoms with van der Waals surface area (Å²) in [4.78, 5) is 28.2. The molecule has 12 nitrogen and oxygen atoms in total. The van der Waals surface area contributed by atoms with Gasteiger partial charge in [0, 0.05) is 48.9 Å². The molecule has 2 fully saturated rings. The number of fused-ring (bicyclic) bond motifs is 1. The number of amides is 1. The van der Waals surface area contributed by atoms with Crippen LogP contribution in [-0.4, -0.2) is 77.6 Å². The molecule has 2 aromatic heterocycles. The lowest BCUT2D eigenvalue weighted by atomic mass is 10.0. The third-order valence-electron chi connectivity index (χ3n) is 8.21. The van der Waals surface area contributed by atoms with Gasteiger partial charge in [0.05, 0.1) is 28.8 Å². The standard InChI is InChI=1S/C35H42N6O6S/c1-23-14-15-26-27(11-5-13-30(26)40-48(43,44)22-25-10-8-20-45-25)31(23)46-32-28(12-6-17-36-32)29-16-18-37-33(39-29)38-24-9-7-19-41(21-24)34(42)47-35(2,3)4/h5-6,11-18,24-25,40H,7-10,19-22H2,1-4H3,(H,37,38,39)/t24-,25?/m0/s1. The van der Waals surface area contributed by atoms with Gasteiger partial charge >= 0.3 is 6.09 Å². The highest BCUT2D eigenvalue weighted by molar-refractivity contribution is 7.92. The third kappa shape index (κ3) is 8.13. The minimum atomic E-state index is -3.64. The fourth-order valence-electron chi connectivity index (χ4n) is 6.01. The van der Waals surface area contributed by atoms with E-state index in [-0.39, 0.29) is 24.0 Å². The maximum absolute atomic E-state index is 13.0.